The van der Waals surface area contributed by atoms with Crippen molar-refractivity contribution in [1.29, 1.82) is 0 Å². The molecule has 0 aliphatic heterocycles. The van der Waals surface area contributed by atoms with Crippen molar-refractivity contribution in [3.8, 4) is 0 Å². The van der Waals surface area contributed by atoms with Gasteiger partial charge < -0.3 is 10.5 Å². The third-order valence-electron chi connectivity index (χ3n) is 4.29. The van der Waals surface area contributed by atoms with Gasteiger partial charge in [0.05, 0.1) is 7.11 Å². The molecule has 2 aliphatic rings. The number of esters is 1. The first-order chi connectivity index (χ1) is 8.20. The molecule has 4 atom stereocenters. The fourth-order valence-corrected chi connectivity index (χ4v) is 4.59. The highest BCUT2D eigenvalue weighted by atomic mass is 32.2. The SMILES string of the molecule is COC(=O)C(N)CCSCC1CC2CCC1C2. The lowest BCUT2D eigenvalue weighted by atomic mass is 9.90. The first kappa shape index (κ1) is 13.2. The normalized spacial score (nSPS) is 32.7. The predicted molar refractivity (Wildman–Crippen MR) is 70.9 cm³/mol. The number of fused-ring (bicyclic) bond motifs is 2. The van der Waals surface area contributed by atoms with Crippen LogP contribution in [0.5, 0.6) is 0 Å². The standard InChI is InChI=1S/C13H23NO2S/c1-16-13(15)12(14)4-5-17-8-11-7-9-2-3-10(11)6-9/h9-12H,2-8,14H2,1H3. The maximum Gasteiger partial charge on any atom is 0.322 e. The molecule has 17 heavy (non-hydrogen) atoms. The molecule has 2 fully saturated rings. The second kappa shape index (κ2) is 6.10. The van der Waals surface area contributed by atoms with Crippen LogP contribution in [-0.4, -0.2) is 30.6 Å². The summed E-state index contributed by atoms with van der Waals surface area (Å²) >= 11 is 1.96. The lowest BCUT2D eigenvalue weighted by Gasteiger charge is -2.21. The minimum Gasteiger partial charge on any atom is -0.468 e. The van der Waals surface area contributed by atoms with Crippen LogP contribution in [0.1, 0.15) is 32.1 Å². The molecular weight excluding hydrogens is 234 g/mol. The van der Waals surface area contributed by atoms with Crippen molar-refractivity contribution in [3.05, 3.63) is 0 Å². The molecule has 0 aromatic carbocycles. The maximum atomic E-state index is 11.1. The number of methoxy groups -OCH3 is 1. The van der Waals surface area contributed by atoms with Crippen molar-refractivity contribution in [2.75, 3.05) is 18.6 Å². The lowest BCUT2D eigenvalue weighted by molar-refractivity contribution is -0.142. The van der Waals surface area contributed by atoms with Gasteiger partial charge in [-0.3, -0.25) is 4.79 Å². The number of nitrogens with two attached hydrogens (primary N) is 1. The fourth-order valence-electron chi connectivity index (χ4n) is 3.29. The zero-order valence-electron chi connectivity index (χ0n) is 10.6. The van der Waals surface area contributed by atoms with Crippen molar-refractivity contribution < 1.29 is 9.53 Å². The molecule has 0 heterocycles. The van der Waals surface area contributed by atoms with Crippen molar-refractivity contribution in [2.24, 2.45) is 23.5 Å². The largest absolute Gasteiger partial charge is 0.468 e. The Morgan fingerprint density at radius 3 is 2.88 bits per heavy atom. The van der Waals surface area contributed by atoms with Crippen LogP contribution in [0, 0.1) is 17.8 Å². The van der Waals surface area contributed by atoms with Gasteiger partial charge in [-0.2, -0.15) is 11.8 Å². The van der Waals surface area contributed by atoms with Gasteiger partial charge in [0.25, 0.3) is 0 Å². The van der Waals surface area contributed by atoms with Gasteiger partial charge in [-0.15, -0.1) is 0 Å². The van der Waals surface area contributed by atoms with Crippen LogP contribution in [-0.2, 0) is 9.53 Å². The number of carbonyl (C=O) groups is 1. The zero-order chi connectivity index (χ0) is 12.3. The Bertz CT molecular complexity index is 272. The molecule has 98 valence electrons. The number of carbonyl (C=O) groups excluding carboxylic acids is 1. The molecule has 0 aromatic rings. The van der Waals surface area contributed by atoms with Crippen molar-refractivity contribution in [3.63, 3.8) is 0 Å². The Balaban J connectivity index is 1.56. The van der Waals surface area contributed by atoms with E-state index >= 15 is 0 Å². The highest BCUT2D eigenvalue weighted by Gasteiger charge is 2.38. The summed E-state index contributed by atoms with van der Waals surface area (Å²) in [4.78, 5) is 11.1. The molecule has 2 N–H and O–H groups in total. The van der Waals surface area contributed by atoms with E-state index in [1.54, 1.807) is 0 Å². The molecule has 2 rings (SSSR count). The first-order valence-corrected chi connectivity index (χ1v) is 7.77. The van der Waals surface area contributed by atoms with E-state index in [0.717, 1.165) is 29.9 Å². The van der Waals surface area contributed by atoms with Crippen LogP contribution in [0.3, 0.4) is 0 Å². The Labute approximate surface area is 108 Å². The highest BCUT2D eigenvalue weighted by molar-refractivity contribution is 7.99. The summed E-state index contributed by atoms with van der Waals surface area (Å²) in [6.07, 6.45) is 6.59. The van der Waals surface area contributed by atoms with E-state index in [4.69, 9.17) is 5.73 Å². The Morgan fingerprint density at radius 1 is 1.47 bits per heavy atom. The highest BCUT2D eigenvalue weighted by Crippen LogP contribution is 2.49. The van der Waals surface area contributed by atoms with Gasteiger partial charge in [-0.25, -0.2) is 0 Å². The summed E-state index contributed by atoms with van der Waals surface area (Å²) in [5.41, 5.74) is 5.69. The molecule has 0 aromatic heterocycles. The Kier molecular flexibility index (Phi) is 4.74. The van der Waals surface area contributed by atoms with E-state index in [2.05, 4.69) is 4.74 Å². The molecule has 2 saturated carbocycles. The molecule has 4 heteroatoms. The smallest absolute Gasteiger partial charge is 0.322 e. The molecule has 0 amide bonds. The van der Waals surface area contributed by atoms with Gasteiger partial charge in [-0.05, 0) is 54.9 Å². The third-order valence-corrected chi connectivity index (χ3v) is 5.48. The van der Waals surface area contributed by atoms with E-state index < -0.39 is 6.04 Å². The van der Waals surface area contributed by atoms with Crippen molar-refractivity contribution >= 4 is 17.7 Å². The van der Waals surface area contributed by atoms with E-state index in [1.165, 1.54) is 38.5 Å². The second-order valence-corrected chi connectivity index (χ2v) is 6.58. The van der Waals surface area contributed by atoms with Crippen molar-refractivity contribution in [1.82, 2.24) is 0 Å². The van der Waals surface area contributed by atoms with Crippen LogP contribution >= 0.6 is 11.8 Å². The number of rotatable bonds is 6. The van der Waals surface area contributed by atoms with Crippen LogP contribution in [0.15, 0.2) is 0 Å². The third kappa shape index (κ3) is 3.38. The van der Waals surface area contributed by atoms with Crippen LogP contribution in [0.2, 0.25) is 0 Å². The molecule has 0 spiro atoms. The van der Waals surface area contributed by atoms with Crippen molar-refractivity contribution in [2.45, 2.75) is 38.1 Å². The van der Waals surface area contributed by atoms with Gasteiger partial charge in [0, 0.05) is 0 Å². The van der Waals surface area contributed by atoms with E-state index in [0.29, 0.717) is 0 Å². The van der Waals surface area contributed by atoms with Crippen LogP contribution in [0.25, 0.3) is 0 Å². The molecule has 3 nitrogen and oxygen atoms in total. The van der Waals surface area contributed by atoms with Gasteiger partial charge in [0.1, 0.15) is 6.04 Å². The lowest BCUT2D eigenvalue weighted by Crippen LogP contribution is -2.32. The minimum atomic E-state index is -0.437. The monoisotopic (exact) mass is 257 g/mol. The molecular formula is C13H23NO2S. The predicted octanol–water partition coefficient (Wildman–Crippen LogP) is 2.05. The molecule has 0 radical (unpaired) electrons. The van der Waals surface area contributed by atoms with Gasteiger partial charge in [0.15, 0.2) is 0 Å². The van der Waals surface area contributed by atoms with Gasteiger partial charge in [-0.1, -0.05) is 6.42 Å². The van der Waals surface area contributed by atoms with Gasteiger partial charge in [0.2, 0.25) is 0 Å². The van der Waals surface area contributed by atoms with Gasteiger partial charge >= 0.3 is 5.97 Å². The molecule has 2 bridgehead atoms. The van der Waals surface area contributed by atoms with E-state index in [9.17, 15) is 4.79 Å². The summed E-state index contributed by atoms with van der Waals surface area (Å²) in [6, 6.07) is -0.437. The quantitative estimate of drug-likeness (QED) is 0.584. The fraction of sp³-hybridized carbons (Fsp3) is 0.923. The number of thioether (sulfide) groups is 1. The maximum absolute atomic E-state index is 11.1. The summed E-state index contributed by atoms with van der Waals surface area (Å²) in [5, 5.41) is 0. The van der Waals surface area contributed by atoms with Crippen LogP contribution < -0.4 is 5.73 Å². The summed E-state index contributed by atoms with van der Waals surface area (Å²) in [7, 11) is 1.39. The van der Waals surface area contributed by atoms with E-state index in [-0.39, 0.29) is 5.97 Å². The van der Waals surface area contributed by atoms with Crippen LogP contribution in [0.4, 0.5) is 0 Å². The first-order valence-electron chi connectivity index (χ1n) is 6.62. The summed E-state index contributed by atoms with van der Waals surface area (Å²) in [6.45, 7) is 0. The number of hydrogen-bond donors (Lipinski definition) is 1. The minimum absolute atomic E-state index is 0.287. The molecule has 2 aliphatic carbocycles. The molecule has 0 saturated heterocycles. The summed E-state index contributed by atoms with van der Waals surface area (Å²) in [5.74, 6) is 4.92. The topological polar surface area (TPSA) is 52.3 Å². The Hall–Kier alpha value is -0.220. The number of ether oxygens (including phenoxy) is 1. The average Bonchev–Trinajstić information content (AvgIpc) is 2.95. The summed E-state index contributed by atoms with van der Waals surface area (Å²) < 4.78 is 4.61. The Morgan fingerprint density at radius 2 is 2.29 bits per heavy atom. The molecule has 4 unspecified atom stereocenters. The average molecular weight is 257 g/mol. The number of hydrogen-bond acceptors (Lipinski definition) is 4. The second-order valence-electron chi connectivity index (χ2n) is 5.43. The van der Waals surface area contributed by atoms with E-state index in [1.807, 2.05) is 11.8 Å². The zero-order valence-corrected chi connectivity index (χ0v) is 11.4.